The Labute approximate surface area is 211 Å². The third-order valence-corrected chi connectivity index (χ3v) is 6.41. The van der Waals surface area contributed by atoms with Crippen LogP contribution >= 0.6 is 24.0 Å². The molecule has 8 heteroatoms. The second kappa shape index (κ2) is 14.1. The molecule has 0 atom stereocenters. The maximum Gasteiger partial charge on any atom is 0.194 e. The van der Waals surface area contributed by atoms with Gasteiger partial charge in [0.1, 0.15) is 0 Å². The first kappa shape index (κ1) is 27.0. The molecule has 0 aliphatic carbocycles. The third-order valence-electron chi connectivity index (χ3n) is 6.41. The van der Waals surface area contributed by atoms with Crippen molar-refractivity contribution in [2.75, 3.05) is 73.1 Å². The first-order valence-electron chi connectivity index (χ1n) is 11.9. The van der Waals surface area contributed by atoms with Gasteiger partial charge < -0.3 is 29.5 Å². The van der Waals surface area contributed by atoms with Crippen LogP contribution in [0.5, 0.6) is 11.5 Å². The fourth-order valence-electron chi connectivity index (χ4n) is 4.45. The van der Waals surface area contributed by atoms with E-state index in [2.05, 4.69) is 46.0 Å². The van der Waals surface area contributed by atoms with Crippen LogP contribution in [-0.4, -0.2) is 93.8 Å². The summed E-state index contributed by atoms with van der Waals surface area (Å²) in [4.78, 5) is 12.4. The van der Waals surface area contributed by atoms with E-state index in [-0.39, 0.29) is 24.0 Å². The Hall–Kier alpha value is -1.26. The molecule has 0 bridgehead atoms. The van der Waals surface area contributed by atoms with Gasteiger partial charge in [-0.3, -0.25) is 4.99 Å². The van der Waals surface area contributed by atoms with Crippen LogP contribution in [0.2, 0.25) is 0 Å². The van der Waals surface area contributed by atoms with Gasteiger partial charge in [-0.1, -0.05) is 6.92 Å². The third kappa shape index (κ3) is 7.38. The van der Waals surface area contributed by atoms with Gasteiger partial charge in [0.05, 0.1) is 14.2 Å². The van der Waals surface area contributed by atoms with Crippen molar-refractivity contribution in [3.05, 3.63) is 23.3 Å². The number of piperazine rings is 1. The minimum atomic E-state index is 0. The van der Waals surface area contributed by atoms with Crippen LogP contribution in [0.1, 0.15) is 37.8 Å². The van der Waals surface area contributed by atoms with Crippen molar-refractivity contribution in [1.82, 2.24) is 20.0 Å². The first-order valence-corrected chi connectivity index (χ1v) is 11.9. The molecule has 0 radical (unpaired) electrons. The molecule has 1 aromatic carbocycles. The summed E-state index contributed by atoms with van der Waals surface area (Å²) >= 11 is 0. The number of ether oxygens (including phenoxy) is 2. The van der Waals surface area contributed by atoms with Crippen LogP contribution in [0.4, 0.5) is 0 Å². The number of hydrogen-bond donors (Lipinski definition) is 1. The molecule has 1 fully saturated rings. The molecule has 1 saturated heterocycles. The molecular weight excluding hydrogens is 517 g/mol. The van der Waals surface area contributed by atoms with E-state index in [0.717, 1.165) is 56.5 Å². The Morgan fingerprint density at radius 2 is 1.59 bits per heavy atom. The highest BCUT2D eigenvalue weighted by molar-refractivity contribution is 14.0. The summed E-state index contributed by atoms with van der Waals surface area (Å²) < 4.78 is 11.0. The Bertz CT molecular complexity index is 723. The number of halogens is 1. The smallest absolute Gasteiger partial charge is 0.194 e. The van der Waals surface area contributed by atoms with Crippen LogP contribution < -0.4 is 14.8 Å². The van der Waals surface area contributed by atoms with E-state index >= 15 is 0 Å². The Morgan fingerprint density at radius 1 is 0.938 bits per heavy atom. The van der Waals surface area contributed by atoms with Crippen molar-refractivity contribution in [2.24, 2.45) is 4.99 Å². The van der Waals surface area contributed by atoms with Crippen molar-refractivity contribution < 1.29 is 9.47 Å². The molecule has 2 heterocycles. The quantitative estimate of drug-likeness (QED) is 0.217. The fourth-order valence-corrected chi connectivity index (χ4v) is 4.45. The topological polar surface area (TPSA) is 52.6 Å². The molecular formula is C24H42IN5O2. The predicted molar refractivity (Wildman–Crippen MR) is 143 cm³/mol. The van der Waals surface area contributed by atoms with Crippen molar-refractivity contribution >= 4 is 29.9 Å². The van der Waals surface area contributed by atoms with Gasteiger partial charge in [-0.25, -0.2) is 0 Å². The SMILES string of the molecule is CCNC(=NCCCCN1CCN(CC)CC1)N1CCc2cc(OC)c(OC)cc2C1.I. The molecule has 2 aliphatic rings. The number of hydrogen-bond acceptors (Lipinski definition) is 5. The van der Waals surface area contributed by atoms with E-state index in [1.165, 1.54) is 56.8 Å². The molecule has 0 saturated carbocycles. The number of nitrogens with zero attached hydrogens (tertiary/aromatic N) is 4. The van der Waals surface area contributed by atoms with Gasteiger partial charge in [0.25, 0.3) is 0 Å². The Kier molecular flexibility index (Phi) is 11.9. The van der Waals surface area contributed by atoms with Crippen molar-refractivity contribution in [3.8, 4) is 11.5 Å². The molecule has 2 aliphatic heterocycles. The highest BCUT2D eigenvalue weighted by Crippen LogP contribution is 2.33. The number of methoxy groups -OCH3 is 2. The van der Waals surface area contributed by atoms with Gasteiger partial charge in [0, 0.05) is 52.4 Å². The number of likely N-dealkylation sites (N-methyl/N-ethyl adjacent to an activating group) is 1. The molecule has 182 valence electrons. The van der Waals surface area contributed by atoms with E-state index in [1.807, 2.05) is 0 Å². The van der Waals surface area contributed by atoms with Gasteiger partial charge >= 0.3 is 0 Å². The molecule has 0 unspecified atom stereocenters. The lowest BCUT2D eigenvalue weighted by Crippen LogP contribution is -2.46. The summed E-state index contributed by atoms with van der Waals surface area (Å²) in [6, 6.07) is 4.23. The number of aliphatic imine (C=N–C) groups is 1. The van der Waals surface area contributed by atoms with Crippen molar-refractivity contribution in [1.29, 1.82) is 0 Å². The molecule has 7 nitrogen and oxygen atoms in total. The van der Waals surface area contributed by atoms with Crippen LogP contribution in [0, 0.1) is 0 Å². The number of fused-ring (bicyclic) bond motifs is 1. The number of rotatable bonds is 9. The van der Waals surface area contributed by atoms with Crippen molar-refractivity contribution in [3.63, 3.8) is 0 Å². The maximum atomic E-state index is 5.50. The molecule has 1 N–H and O–H groups in total. The number of guanidine groups is 1. The fraction of sp³-hybridized carbons (Fsp3) is 0.708. The van der Waals surface area contributed by atoms with E-state index in [9.17, 15) is 0 Å². The lowest BCUT2D eigenvalue weighted by Gasteiger charge is -2.34. The Balaban J connectivity index is 0.00000363. The minimum absolute atomic E-state index is 0. The largest absolute Gasteiger partial charge is 0.493 e. The summed E-state index contributed by atoms with van der Waals surface area (Å²) in [5.41, 5.74) is 2.63. The monoisotopic (exact) mass is 559 g/mol. The number of nitrogens with one attached hydrogen (secondary N) is 1. The van der Waals surface area contributed by atoms with Crippen LogP contribution in [0.15, 0.2) is 17.1 Å². The second-order valence-electron chi connectivity index (χ2n) is 8.37. The van der Waals surface area contributed by atoms with Crippen molar-refractivity contribution in [2.45, 2.75) is 39.7 Å². The zero-order valence-corrected chi connectivity index (χ0v) is 22.7. The van der Waals surface area contributed by atoms with Gasteiger partial charge in [-0.2, -0.15) is 0 Å². The summed E-state index contributed by atoms with van der Waals surface area (Å²) in [6.45, 7) is 15.2. The molecule has 0 spiro atoms. The summed E-state index contributed by atoms with van der Waals surface area (Å²) in [6.07, 6.45) is 3.34. The summed E-state index contributed by atoms with van der Waals surface area (Å²) in [7, 11) is 3.39. The van der Waals surface area contributed by atoms with E-state index in [0.29, 0.717) is 0 Å². The average Bonchev–Trinajstić information content (AvgIpc) is 2.82. The van der Waals surface area contributed by atoms with Crippen LogP contribution in [-0.2, 0) is 13.0 Å². The van der Waals surface area contributed by atoms with Gasteiger partial charge in [-0.05, 0) is 62.5 Å². The standard InChI is InChI=1S/C24H41N5O2.HI/c1-5-25-24(26-10-7-8-11-28-15-13-27(6-2)14-16-28)29-12-9-20-17-22(30-3)23(31-4)18-21(20)19-29;/h17-18H,5-16,19H2,1-4H3,(H,25,26);1H. The van der Waals surface area contributed by atoms with Gasteiger partial charge in [0.15, 0.2) is 17.5 Å². The highest BCUT2D eigenvalue weighted by Gasteiger charge is 2.21. The van der Waals surface area contributed by atoms with E-state index in [4.69, 9.17) is 14.5 Å². The summed E-state index contributed by atoms with van der Waals surface area (Å²) in [5, 5.41) is 3.49. The zero-order chi connectivity index (χ0) is 22.1. The predicted octanol–water partition coefficient (Wildman–Crippen LogP) is 3.06. The van der Waals surface area contributed by atoms with E-state index < -0.39 is 0 Å². The highest BCUT2D eigenvalue weighted by atomic mass is 127. The van der Waals surface area contributed by atoms with Crippen LogP contribution in [0.3, 0.4) is 0 Å². The molecule has 1 aromatic rings. The molecule has 0 amide bonds. The van der Waals surface area contributed by atoms with Gasteiger partial charge in [-0.15, -0.1) is 24.0 Å². The Morgan fingerprint density at radius 3 is 2.22 bits per heavy atom. The molecule has 32 heavy (non-hydrogen) atoms. The summed E-state index contributed by atoms with van der Waals surface area (Å²) in [5.74, 6) is 2.63. The van der Waals surface area contributed by atoms with Gasteiger partial charge in [0.2, 0.25) is 0 Å². The first-order chi connectivity index (χ1) is 15.2. The second-order valence-corrected chi connectivity index (χ2v) is 8.37. The lowest BCUT2D eigenvalue weighted by molar-refractivity contribution is 0.136. The van der Waals surface area contributed by atoms with Crippen LogP contribution in [0.25, 0.3) is 0 Å². The number of unbranched alkanes of at least 4 members (excludes halogenated alkanes) is 1. The molecule has 3 rings (SSSR count). The minimum Gasteiger partial charge on any atom is -0.493 e. The molecule has 0 aromatic heterocycles. The van der Waals surface area contributed by atoms with E-state index in [1.54, 1.807) is 14.2 Å². The average molecular weight is 560 g/mol. The normalized spacial score (nSPS) is 17.5. The lowest BCUT2D eigenvalue weighted by atomic mass is 9.99. The number of benzene rings is 1. The maximum absolute atomic E-state index is 5.50. The zero-order valence-electron chi connectivity index (χ0n) is 20.4.